The molecule has 2 rings (SSSR count). The van der Waals surface area contributed by atoms with Gasteiger partial charge in [0.2, 0.25) is 0 Å². The Bertz CT molecular complexity index is 471. The molecule has 0 bridgehead atoms. The zero-order chi connectivity index (χ0) is 12.8. The molecular formula is C12H17N5S. The van der Waals surface area contributed by atoms with E-state index in [1.165, 1.54) is 0 Å². The molecule has 96 valence electrons. The molecule has 4 N–H and O–H groups in total. The van der Waals surface area contributed by atoms with Gasteiger partial charge in [0.1, 0.15) is 18.0 Å². The molecule has 0 aromatic carbocycles. The van der Waals surface area contributed by atoms with E-state index in [2.05, 4.69) is 27.5 Å². The first-order chi connectivity index (χ1) is 8.78. The van der Waals surface area contributed by atoms with Gasteiger partial charge in [-0.25, -0.2) is 9.97 Å². The third kappa shape index (κ3) is 3.68. The van der Waals surface area contributed by atoms with Gasteiger partial charge in [-0.15, -0.1) is 11.3 Å². The van der Waals surface area contributed by atoms with Gasteiger partial charge in [-0.2, -0.15) is 0 Å². The van der Waals surface area contributed by atoms with Crippen LogP contribution in [0.3, 0.4) is 0 Å². The van der Waals surface area contributed by atoms with Crippen molar-refractivity contribution in [2.75, 3.05) is 17.2 Å². The quantitative estimate of drug-likeness (QED) is 0.746. The molecule has 0 saturated heterocycles. The van der Waals surface area contributed by atoms with Crippen LogP contribution in [0, 0.1) is 0 Å². The molecule has 18 heavy (non-hydrogen) atoms. The molecule has 0 amide bonds. The van der Waals surface area contributed by atoms with Crippen LogP contribution < -0.4 is 16.4 Å². The van der Waals surface area contributed by atoms with Gasteiger partial charge in [0.05, 0.1) is 5.00 Å². The number of nitrogens with zero attached hydrogens (tertiary/aromatic N) is 2. The lowest BCUT2D eigenvalue weighted by molar-refractivity contribution is 0.713. The summed E-state index contributed by atoms with van der Waals surface area (Å²) in [7, 11) is 0. The van der Waals surface area contributed by atoms with E-state index in [4.69, 9.17) is 5.73 Å². The molecule has 6 heteroatoms. The normalized spacial score (nSPS) is 12.1. The number of hydrogen-bond acceptors (Lipinski definition) is 6. The fourth-order valence-electron chi connectivity index (χ4n) is 1.56. The van der Waals surface area contributed by atoms with Crippen LogP contribution in [0.25, 0.3) is 0 Å². The van der Waals surface area contributed by atoms with Crippen LogP contribution in [0.2, 0.25) is 0 Å². The van der Waals surface area contributed by atoms with E-state index in [1.54, 1.807) is 17.7 Å². The van der Waals surface area contributed by atoms with Crippen molar-refractivity contribution in [3.8, 4) is 0 Å². The minimum absolute atomic E-state index is 0.305. The Balaban J connectivity index is 2.01. The van der Waals surface area contributed by atoms with Gasteiger partial charge in [-0.05, 0) is 37.4 Å². The fourth-order valence-corrected chi connectivity index (χ4v) is 2.18. The Labute approximate surface area is 110 Å². The van der Waals surface area contributed by atoms with Crippen LogP contribution >= 0.6 is 11.3 Å². The average Bonchev–Trinajstić information content (AvgIpc) is 2.82. The second kappa shape index (κ2) is 6.32. The molecule has 0 aliphatic carbocycles. The first kappa shape index (κ1) is 12.8. The number of nitrogens with two attached hydrogens (primary N) is 1. The molecule has 0 spiro atoms. The van der Waals surface area contributed by atoms with Crippen molar-refractivity contribution in [2.24, 2.45) is 5.73 Å². The largest absolute Gasteiger partial charge is 0.367 e. The number of anilines is 3. The van der Waals surface area contributed by atoms with Gasteiger partial charge in [-0.3, -0.25) is 0 Å². The molecule has 0 aliphatic heterocycles. The number of thiophene rings is 1. The van der Waals surface area contributed by atoms with Crippen LogP contribution in [0.4, 0.5) is 16.6 Å². The lowest BCUT2D eigenvalue weighted by atomic mass is 10.2. The number of hydrogen-bond donors (Lipinski definition) is 3. The SMILES string of the molecule is CC(CCN)Nc1cc(Nc2cccs2)ncn1. The molecule has 0 saturated carbocycles. The summed E-state index contributed by atoms with van der Waals surface area (Å²) in [5, 5.41) is 9.61. The Kier molecular flexibility index (Phi) is 4.49. The zero-order valence-corrected chi connectivity index (χ0v) is 11.1. The van der Waals surface area contributed by atoms with Crippen molar-refractivity contribution in [1.82, 2.24) is 9.97 Å². The van der Waals surface area contributed by atoms with Crippen LogP contribution in [-0.4, -0.2) is 22.6 Å². The van der Waals surface area contributed by atoms with Crippen molar-refractivity contribution in [1.29, 1.82) is 0 Å². The molecule has 2 heterocycles. The van der Waals surface area contributed by atoms with Crippen molar-refractivity contribution < 1.29 is 0 Å². The van der Waals surface area contributed by atoms with Crippen molar-refractivity contribution >= 4 is 28.0 Å². The van der Waals surface area contributed by atoms with Crippen molar-refractivity contribution in [3.05, 3.63) is 29.9 Å². The molecule has 1 unspecified atom stereocenters. The lowest BCUT2D eigenvalue weighted by Gasteiger charge is -2.13. The van der Waals surface area contributed by atoms with Crippen molar-refractivity contribution in [2.45, 2.75) is 19.4 Å². The molecule has 5 nitrogen and oxygen atoms in total. The van der Waals surface area contributed by atoms with Crippen molar-refractivity contribution in [3.63, 3.8) is 0 Å². The maximum Gasteiger partial charge on any atom is 0.136 e. The zero-order valence-electron chi connectivity index (χ0n) is 10.3. The van der Waals surface area contributed by atoms with Gasteiger partial charge < -0.3 is 16.4 Å². The van der Waals surface area contributed by atoms with E-state index >= 15 is 0 Å². The third-order valence-electron chi connectivity index (χ3n) is 2.43. The molecule has 2 aromatic heterocycles. The second-order valence-electron chi connectivity index (χ2n) is 4.01. The highest BCUT2D eigenvalue weighted by atomic mass is 32.1. The van der Waals surface area contributed by atoms with Gasteiger partial charge in [0, 0.05) is 12.1 Å². The number of aromatic nitrogens is 2. The smallest absolute Gasteiger partial charge is 0.136 e. The second-order valence-corrected chi connectivity index (χ2v) is 4.96. The van der Waals surface area contributed by atoms with E-state index < -0.39 is 0 Å². The summed E-state index contributed by atoms with van der Waals surface area (Å²) < 4.78 is 0. The topological polar surface area (TPSA) is 75.9 Å². The number of rotatable bonds is 6. The molecule has 2 aromatic rings. The monoisotopic (exact) mass is 263 g/mol. The van der Waals surface area contributed by atoms with Gasteiger partial charge in [0.25, 0.3) is 0 Å². The highest BCUT2D eigenvalue weighted by Crippen LogP contribution is 2.21. The molecule has 1 atom stereocenters. The maximum absolute atomic E-state index is 5.52. The van der Waals surface area contributed by atoms with E-state index in [-0.39, 0.29) is 0 Å². The lowest BCUT2D eigenvalue weighted by Crippen LogP contribution is -2.20. The van der Waals surface area contributed by atoms with Crippen LogP contribution in [0.15, 0.2) is 29.9 Å². The summed E-state index contributed by atoms with van der Waals surface area (Å²) >= 11 is 1.64. The third-order valence-corrected chi connectivity index (χ3v) is 3.22. The first-order valence-electron chi connectivity index (χ1n) is 5.87. The summed E-state index contributed by atoms with van der Waals surface area (Å²) in [6.07, 6.45) is 2.46. The highest BCUT2D eigenvalue weighted by molar-refractivity contribution is 7.14. The standard InChI is InChI=1S/C12H17N5S/c1-9(4-5-13)16-10-7-11(15-8-14-10)17-12-3-2-6-18-12/h2-3,6-9H,4-5,13H2,1H3,(H2,14,15,16,17). The van der Waals surface area contributed by atoms with Gasteiger partial charge in [0.15, 0.2) is 0 Å². The van der Waals surface area contributed by atoms with Gasteiger partial charge >= 0.3 is 0 Å². The highest BCUT2D eigenvalue weighted by Gasteiger charge is 2.03. The summed E-state index contributed by atoms with van der Waals surface area (Å²) in [6, 6.07) is 6.21. The van der Waals surface area contributed by atoms with E-state index in [0.717, 1.165) is 23.1 Å². The minimum atomic E-state index is 0.305. The Morgan fingerprint density at radius 2 is 2.22 bits per heavy atom. The van der Waals surface area contributed by atoms with Crippen LogP contribution in [0.5, 0.6) is 0 Å². The summed E-state index contributed by atoms with van der Waals surface area (Å²) in [6.45, 7) is 2.75. The molecular weight excluding hydrogens is 246 g/mol. The Morgan fingerprint density at radius 1 is 1.39 bits per heavy atom. The van der Waals surface area contributed by atoms with Gasteiger partial charge in [-0.1, -0.05) is 0 Å². The molecule has 0 radical (unpaired) electrons. The summed E-state index contributed by atoms with van der Waals surface area (Å²) in [5.74, 6) is 1.60. The van der Waals surface area contributed by atoms with E-state index in [0.29, 0.717) is 12.6 Å². The van der Waals surface area contributed by atoms with Crippen LogP contribution in [0.1, 0.15) is 13.3 Å². The average molecular weight is 263 g/mol. The minimum Gasteiger partial charge on any atom is -0.367 e. The summed E-state index contributed by atoms with van der Waals surface area (Å²) in [5.41, 5.74) is 5.52. The fraction of sp³-hybridized carbons (Fsp3) is 0.333. The van der Waals surface area contributed by atoms with Crippen LogP contribution in [-0.2, 0) is 0 Å². The van der Waals surface area contributed by atoms with E-state index in [1.807, 2.05) is 23.6 Å². The molecule has 0 aliphatic rings. The predicted octanol–water partition coefficient (Wildman–Crippen LogP) is 2.43. The number of nitrogens with one attached hydrogen (secondary N) is 2. The predicted molar refractivity (Wildman–Crippen MR) is 76.4 cm³/mol. The Hall–Kier alpha value is -1.66. The summed E-state index contributed by atoms with van der Waals surface area (Å²) in [4.78, 5) is 8.38. The Morgan fingerprint density at radius 3 is 2.94 bits per heavy atom. The molecule has 0 fully saturated rings. The van der Waals surface area contributed by atoms with E-state index in [9.17, 15) is 0 Å². The first-order valence-corrected chi connectivity index (χ1v) is 6.75. The maximum atomic E-state index is 5.52.